The fourth-order valence-electron chi connectivity index (χ4n) is 1.32. The van der Waals surface area contributed by atoms with Crippen LogP contribution in [-0.2, 0) is 0 Å². The van der Waals surface area contributed by atoms with Crippen LogP contribution >= 0.6 is 23.2 Å². The van der Waals surface area contributed by atoms with Crippen LogP contribution in [0.2, 0.25) is 5.02 Å². The monoisotopic (exact) mass is 228 g/mol. The molecule has 2 heterocycles. The molecule has 0 radical (unpaired) electrons. The molecule has 0 fully saturated rings. The molecule has 0 amide bonds. The molecule has 0 saturated heterocycles. The molecular formula is C9H6Cl2N2O. The third-order valence-corrected chi connectivity index (χ3v) is 2.41. The van der Waals surface area contributed by atoms with E-state index in [0.717, 1.165) is 0 Å². The molecule has 0 saturated carbocycles. The maximum atomic E-state index is 11.0. The zero-order valence-corrected chi connectivity index (χ0v) is 8.80. The van der Waals surface area contributed by atoms with Crippen molar-refractivity contribution in [2.45, 2.75) is 6.92 Å². The molecule has 14 heavy (non-hydrogen) atoms. The molecule has 0 aliphatic carbocycles. The van der Waals surface area contributed by atoms with E-state index >= 15 is 0 Å². The highest BCUT2D eigenvalue weighted by atomic mass is 35.5. The number of imidazole rings is 1. The molecule has 72 valence electrons. The standard InChI is InChI=1S/C9H6Cl2N2O/c1-5-8(9(11)14)12-7-3-2-6(10)4-13(5)7/h2-4H,1H3. The van der Waals surface area contributed by atoms with Gasteiger partial charge in [-0.05, 0) is 30.7 Å². The summed E-state index contributed by atoms with van der Waals surface area (Å²) < 4.78 is 1.73. The third-order valence-electron chi connectivity index (χ3n) is 2.01. The largest absolute Gasteiger partial charge is 0.302 e. The Bertz CT molecular complexity index is 519. The van der Waals surface area contributed by atoms with Gasteiger partial charge in [-0.25, -0.2) is 4.98 Å². The van der Waals surface area contributed by atoms with Crippen molar-refractivity contribution in [3.63, 3.8) is 0 Å². The summed E-state index contributed by atoms with van der Waals surface area (Å²) in [4.78, 5) is 15.1. The van der Waals surface area contributed by atoms with Crippen molar-refractivity contribution in [3.8, 4) is 0 Å². The van der Waals surface area contributed by atoms with Crippen LogP contribution in [-0.4, -0.2) is 14.6 Å². The van der Waals surface area contributed by atoms with Gasteiger partial charge in [0.25, 0.3) is 5.24 Å². The lowest BCUT2D eigenvalue weighted by molar-refractivity contribution is 0.107. The van der Waals surface area contributed by atoms with E-state index in [1.54, 1.807) is 29.7 Å². The fourth-order valence-corrected chi connectivity index (χ4v) is 1.66. The van der Waals surface area contributed by atoms with E-state index in [0.29, 0.717) is 16.4 Å². The van der Waals surface area contributed by atoms with Crippen LogP contribution in [0.4, 0.5) is 0 Å². The number of rotatable bonds is 1. The predicted octanol–water partition coefficient (Wildman–Crippen LogP) is 2.68. The first-order valence-corrected chi connectivity index (χ1v) is 4.69. The number of nitrogens with zero attached hydrogens (tertiary/aromatic N) is 2. The number of hydrogen-bond donors (Lipinski definition) is 0. The van der Waals surface area contributed by atoms with Gasteiger partial charge in [0, 0.05) is 6.20 Å². The Balaban J connectivity index is 2.80. The van der Waals surface area contributed by atoms with Crippen molar-refractivity contribution in [1.29, 1.82) is 0 Å². The number of fused-ring (bicyclic) bond motifs is 1. The average Bonchev–Trinajstić information content (AvgIpc) is 2.44. The molecule has 0 N–H and O–H groups in total. The Hall–Kier alpha value is -1.06. The topological polar surface area (TPSA) is 34.4 Å². The first kappa shape index (κ1) is 9.49. The van der Waals surface area contributed by atoms with E-state index in [4.69, 9.17) is 23.2 Å². The highest BCUT2D eigenvalue weighted by molar-refractivity contribution is 6.67. The Morgan fingerprint density at radius 3 is 2.86 bits per heavy atom. The van der Waals surface area contributed by atoms with Gasteiger partial charge in [-0.1, -0.05) is 11.6 Å². The fraction of sp³-hybridized carbons (Fsp3) is 0.111. The molecule has 0 spiro atoms. The number of halogens is 2. The zero-order chi connectivity index (χ0) is 10.3. The number of aromatic nitrogens is 2. The highest BCUT2D eigenvalue weighted by Crippen LogP contribution is 2.16. The van der Waals surface area contributed by atoms with Crippen molar-refractivity contribution in [2.24, 2.45) is 0 Å². The van der Waals surface area contributed by atoms with Gasteiger partial charge >= 0.3 is 0 Å². The van der Waals surface area contributed by atoms with Crippen molar-refractivity contribution in [1.82, 2.24) is 9.38 Å². The first-order valence-electron chi connectivity index (χ1n) is 3.93. The third kappa shape index (κ3) is 1.38. The van der Waals surface area contributed by atoms with Crippen LogP contribution in [0.5, 0.6) is 0 Å². The normalized spacial score (nSPS) is 10.8. The van der Waals surface area contributed by atoms with Gasteiger partial charge in [0.05, 0.1) is 10.7 Å². The summed E-state index contributed by atoms with van der Waals surface area (Å²) >= 11 is 11.2. The molecular weight excluding hydrogens is 223 g/mol. The lowest BCUT2D eigenvalue weighted by atomic mass is 10.4. The van der Waals surface area contributed by atoms with Crippen LogP contribution in [0.25, 0.3) is 5.65 Å². The molecule has 0 atom stereocenters. The summed E-state index contributed by atoms with van der Waals surface area (Å²) in [6.07, 6.45) is 1.70. The summed E-state index contributed by atoms with van der Waals surface area (Å²) in [6, 6.07) is 3.45. The smallest absolute Gasteiger partial charge is 0.272 e. The van der Waals surface area contributed by atoms with E-state index in [-0.39, 0.29) is 5.69 Å². The maximum absolute atomic E-state index is 11.0. The Morgan fingerprint density at radius 2 is 2.21 bits per heavy atom. The second-order valence-electron chi connectivity index (χ2n) is 2.90. The second-order valence-corrected chi connectivity index (χ2v) is 3.67. The average molecular weight is 229 g/mol. The molecule has 0 aliphatic heterocycles. The van der Waals surface area contributed by atoms with Crippen LogP contribution < -0.4 is 0 Å². The van der Waals surface area contributed by atoms with Gasteiger partial charge < -0.3 is 4.40 Å². The highest BCUT2D eigenvalue weighted by Gasteiger charge is 2.13. The van der Waals surface area contributed by atoms with Crippen molar-refractivity contribution >= 4 is 34.1 Å². The molecule has 0 aromatic carbocycles. The molecule has 0 bridgehead atoms. The maximum Gasteiger partial charge on any atom is 0.272 e. The number of aryl methyl sites for hydroxylation is 1. The van der Waals surface area contributed by atoms with Crippen LogP contribution in [0.15, 0.2) is 18.3 Å². The summed E-state index contributed by atoms with van der Waals surface area (Å²) in [5.74, 6) is 0. The predicted molar refractivity (Wildman–Crippen MR) is 55.1 cm³/mol. The lowest BCUT2D eigenvalue weighted by Gasteiger charge is -1.95. The van der Waals surface area contributed by atoms with Crippen LogP contribution in [0, 0.1) is 6.92 Å². The molecule has 2 rings (SSSR count). The summed E-state index contributed by atoms with van der Waals surface area (Å²) in [6.45, 7) is 1.77. The van der Waals surface area contributed by atoms with E-state index < -0.39 is 5.24 Å². The lowest BCUT2D eigenvalue weighted by Crippen LogP contribution is -1.93. The second kappa shape index (κ2) is 3.26. The van der Waals surface area contributed by atoms with Crippen LogP contribution in [0.1, 0.15) is 16.2 Å². The molecule has 2 aromatic rings. The quantitative estimate of drug-likeness (QED) is 0.704. The van der Waals surface area contributed by atoms with Gasteiger partial charge in [0.15, 0.2) is 0 Å². The summed E-state index contributed by atoms with van der Waals surface area (Å²) in [5, 5.41) is 0.0360. The van der Waals surface area contributed by atoms with Gasteiger partial charge in [-0.15, -0.1) is 0 Å². The van der Waals surface area contributed by atoms with Gasteiger partial charge in [-0.3, -0.25) is 4.79 Å². The minimum Gasteiger partial charge on any atom is -0.302 e. The SMILES string of the molecule is Cc1c(C(=O)Cl)nc2ccc(Cl)cn12. The Labute approximate surface area is 90.3 Å². The Morgan fingerprint density at radius 1 is 1.50 bits per heavy atom. The first-order chi connectivity index (χ1) is 6.59. The van der Waals surface area contributed by atoms with Crippen LogP contribution in [0.3, 0.4) is 0 Å². The zero-order valence-electron chi connectivity index (χ0n) is 7.29. The summed E-state index contributed by atoms with van der Waals surface area (Å²) in [7, 11) is 0. The van der Waals surface area contributed by atoms with Gasteiger partial charge in [-0.2, -0.15) is 0 Å². The number of hydrogen-bond acceptors (Lipinski definition) is 2. The molecule has 3 nitrogen and oxygen atoms in total. The number of carbonyl (C=O) groups is 1. The number of carbonyl (C=O) groups excluding carboxylic acids is 1. The van der Waals surface area contributed by atoms with Crippen molar-refractivity contribution < 1.29 is 4.79 Å². The molecule has 0 unspecified atom stereocenters. The molecule has 0 aliphatic rings. The van der Waals surface area contributed by atoms with Gasteiger partial charge in [0.1, 0.15) is 11.3 Å². The molecule has 2 aromatic heterocycles. The minimum absolute atomic E-state index is 0.272. The van der Waals surface area contributed by atoms with Gasteiger partial charge in [0.2, 0.25) is 0 Å². The van der Waals surface area contributed by atoms with E-state index in [2.05, 4.69) is 4.98 Å². The van der Waals surface area contributed by atoms with Crippen molar-refractivity contribution in [3.05, 3.63) is 34.7 Å². The van der Waals surface area contributed by atoms with E-state index in [1.165, 1.54) is 0 Å². The minimum atomic E-state index is -0.553. The summed E-state index contributed by atoms with van der Waals surface area (Å²) in [5.41, 5.74) is 1.63. The van der Waals surface area contributed by atoms with E-state index in [9.17, 15) is 4.79 Å². The van der Waals surface area contributed by atoms with Crippen molar-refractivity contribution in [2.75, 3.05) is 0 Å². The molecule has 5 heteroatoms. The number of pyridine rings is 1. The Kier molecular flexibility index (Phi) is 2.21. The van der Waals surface area contributed by atoms with E-state index in [1.807, 2.05) is 0 Å².